The quantitative estimate of drug-likeness (QED) is 0.798. The molecule has 5 heteroatoms. The molecule has 4 aliphatic rings. The zero-order chi connectivity index (χ0) is 19.2. The standard InChI is InChI=1S/C23H35N3O2/c1-2-24-16-20-22(8-12-25(13-9-22)15-19-5-14-28-17-19)6-7-23(20,18-24)21(27)26-10-3-4-11-26/h5,14,17,20H,2-4,6-13,15-16,18H2,1H3/t20-,23+/m0/s1. The molecule has 1 saturated carbocycles. The van der Waals surface area contributed by atoms with Gasteiger partial charge in [0.05, 0.1) is 17.9 Å². The Kier molecular flexibility index (Phi) is 4.79. The van der Waals surface area contributed by atoms with E-state index in [9.17, 15) is 4.79 Å². The van der Waals surface area contributed by atoms with Gasteiger partial charge in [0.2, 0.25) is 5.91 Å². The van der Waals surface area contributed by atoms with Crippen molar-refractivity contribution in [1.82, 2.24) is 14.7 Å². The zero-order valence-corrected chi connectivity index (χ0v) is 17.4. The van der Waals surface area contributed by atoms with E-state index in [1.165, 1.54) is 37.7 Å². The van der Waals surface area contributed by atoms with Gasteiger partial charge >= 0.3 is 0 Å². The first-order valence-corrected chi connectivity index (χ1v) is 11.4. The molecule has 5 nitrogen and oxygen atoms in total. The van der Waals surface area contributed by atoms with Crippen LogP contribution in [0.25, 0.3) is 0 Å². The lowest BCUT2D eigenvalue weighted by molar-refractivity contribution is -0.143. The molecule has 4 heterocycles. The highest BCUT2D eigenvalue weighted by molar-refractivity contribution is 5.84. The second kappa shape index (κ2) is 7.17. The number of amides is 1. The van der Waals surface area contributed by atoms with Crippen molar-refractivity contribution in [2.45, 2.75) is 52.0 Å². The van der Waals surface area contributed by atoms with Gasteiger partial charge < -0.3 is 14.2 Å². The Morgan fingerprint density at radius 1 is 1.11 bits per heavy atom. The van der Waals surface area contributed by atoms with Crippen LogP contribution in [0.15, 0.2) is 23.0 Å². The van der Waals surface area contributed by atoms with Crippen LogP contribution in [0.5, 0.6) is 0 Å². The Morgan fingerprint density at radius 2 is 1.89 bits per heavy atom. The molecule has 2 atom stereocenters. The molecular weight excluding hydrogens is 350 g/mol. The minimum absolute atomic E-state index is 0.0902. The predicted octanol–water partition coefficient (Wildman–Crippen LogP) is 3.22. The van der Waals surface area contributed by atoms with Gasteiger partial charge in [0.25, 0.3) is 0 Å². The number of furan rings is 1. The van der Waals surface area contributed by atoms with E-state index in [1.54, 1.807) is 6.26 Å². The van der Waals surface area contributed by atoms with E-state index in [4.69, 9.17) is 4.42 Å². The molecule has 5 rings (SSSR count). The lowest BCUT2D eigenvalue weighted by Crippen LogP contribution is -2.49. The van der Waals surface area contributed by atoms with E-state index < -0.39 is 0 Å². The number of piperidine rings is 1. The van der Waals surface area contributed by atoms with Crippen LogP contribution >= 0.6 is 0 Å². The molecule has 1 aromatic rings. The van der Waals surface area contributed by atoms with Crippen LogP contribution in [0.3, 0.4) is 0 Å². The normalized spacial score (nSPS) is 33.0. The summed E-state index contributed by atoms with van der Waals surface area (Å²) in [6, 6.07) is 2.08. The number of likely N-dealkylation sites (tertiary alicyclic amines) is 3. The number of carbonyl (C=O) groups excluding carboxylic acids is 1. The summed E-state index contributed by atoms with van der Waals surface area (Å²) in [6.45, 7) is 10.8. The lowest BCUT2D eigenvalue weighted by atomic mass is 9.65. The van der Waals surface area contributed by atoms with Crippen molar-refractivity contribution in [1.29, 1.82) is 0 Å². The zero-order valence-electron chi connectivity index (χ0n) is 17.4. The Balaban J connectivity index is 1.33. The van der Waals surface area contributed by atoms with Crippen molar-refractivity contribution >= 4 is 5.91 Å². The molecule has 3 aliphatic heterocycles. The average molecular weight is 386 g/mol. The third kappa shape index (κ3) is 2.93. The van der Waals surface area contributed by atoms with Crippen molar-refractivity contribution in [3.63, 3.8) is 0 Å². The Hall–Kier alpha value is -1.33. The summed E-state index contributed by atoms with van der Waals surface area (Å²) in [6.07, 6.45) is 10.9. The summed E-state index contributed by atoms with van der Waals surface area (Å²) in [5, 5.41) is 0. The van der Waals surface area contributed by atoms with Crippen LogP contribution in [0.4, 0.5) is 0 Å². The molecule has 1 amide bonds. The Bertz CT molecular complexity index is 689. The van der Waals surface area contributed by atoms with Gasteiger partial charge in [-0.25, -0.2) is 0 Å². The molecular formula is C23H35N3O2. The van der Waals surface area contributed by atoms with Crippen molar-refractivity contribution in [3.05, 3.63) is 24.2 Å². The molecule has 1 aliphatic carbocycles. The third-order valence-corrected chi connectivity index (χ3v) is 8.53. The minimum Gasteiger partial charge on any atom is -0.472 e. The predicted molar refractivity (Wildman–Crippen MR) is 109 cm³/mol. The first-order valence-electron chi connectivity index (χ1n) is 11.4. The summed E-state index contributed by atoms with van der Waals surface area (Å²) in [4.78, 5) is 21.0. The van der Waals surface area contributed by atoms with E-state index in [1.807, 2.05) is 6.26 Å². The van der Waals surface area contributed by atoms with Crippen LogP contribution in [0, 0.1) is 16.7 Å². The number of hydrogen-bond donors (Lipinski definition) is 0. The Morgan fingerprint density at radius 3 is 2.57 bits per heavy atom. The van der Waals surface area contributed by atoms with E-state index in [0.717, 1.165) is 58.8 Å². The second-order valence-corrected chi connectivity index (χ2v) is 9.81. The Labute approximate surface area is 169 Å². The number of hydrogen-bond acceptors (Lipinski definition) is 4. The van der Waals surface area contributed by atoms with Crippen LogP contribution < -0.4 is 0 Å². The fraction of sp³-hybridized carbons (Fsp3) is 0.783. The average Bonchev–Trinajstić information content (AvgIpc) is 3.50. The highest BCUT2D eigenvalue weighted by atomic mass is 16.3. The van der Waals surface area contributed by atoms with Crippen LogP contribution in [0.2, 0.25) is 0 Å². The first-order chi connectivity index (χ1) is 13.7. The number of fused-ring (bicyclic) bond motifs is 2. The minimum atomic E-state index is -0.0902. The van der Waals surface area contributed by atoms with Crippen molar-refractivity contribution in [2.24, 2.45) is 16.7 Å². The van der Waals surface area contributed by atoms with Gasteiger partial charge in [0, 0.05) is 38.3 Å². The van der Waals surface area contributed by atoms with Gasteiger partial charge in [0.15, 0.2) is 0 Å². The maximum absolute atomic E-state index is 13.7. The molecule has 28 heavy (non-hydrogen) atoms. The summed E-state index contributed by atoms with van der Waals surface area (Å²) >= 11 is 0. The molecule has 1 aromatic heterocycles. The van der Waals surface area contributed by atoms with Crippen molar-refractivity contribution < 1.29 is 9.21 Å². The van der Waals surface area contributed by atoms with E-state index in [0.29, 0.717) is 17.2 Å². The maximum atomic E-state index is 13.7. The molecule has 0 bridgehead atoms. The fourth-order valence-electron chi connectivity index (χ4n) is 6.88. The molecule has 0 N–H and O–H groups in total. The molecule has 0 aromatic carbocycles. The largest absolute Gasteiger partial charge is 0.472 e. The summed E-state index contributed by atoms with van der Waals surface area (Å²) in [5.74, 6) is 1.06. The smallest absolute Gasteiger partial charge is 0.230 e. The van der Waals surface area contributed by atoms with Crippen LogP contribution in [-0.2, 0) is 11.3 Å². The number of nitrogens with zero attached hydrogens (tertiary/aromatic N) is 3. The first kappa shape index (κ1) is 18.7. The molecule has 4 fully saturated rings. The number of carbonyl (C=O) groups is 1. The highest BCUT2D eigenvalue weighted by Gasteiger charge is 2.64. The monoisotopic (exact) mass is 385 g/mol. The van der Waals surface area contributed by atoms with Gasteiger partial charge in [-0.2, -0.15) is 0 Å². The van der Waals surface area contributed by atoms with Crippen molar-refractivity contribution in [3.8, 4) is 0 Å². The van der Waals surface area contributed by atoms with E-state index in [-0.39, 0.29) is 5.41 Å². The summed E-state index contributed by atoms with van der Waals surface area (Å²) < 4.78 is 5.24. The second-order valence-electron chi connectivity index (χ2n) is 9.81. The lowest BCUT2D eigenvalue weighted by Gasteiger charge is -2.45. The van der Waals surface area contributed by atoms with Gasteiger partial charge in [-0.15, -0.1) is 0 Å². The maximum Gasteiger partial charge on any atom is 0.230 e. The van der Waals surface area contributed by atoms with E-state index in [2.05, 4.69) is 27.7 Å². The van der Waals surface area contributed by atoms with Gasteiger partial charge in [-0.3, -0.25) is 9.69 Å². The van der Waals surface area contributed by atoms with Gasteiger partial charge in [-0.05, 0) is 75.6 Å². The summed E-state index contributed by atoms with van der Waals surface area (Å²) in [5.41, 5.74) is 1.57. The highest BCUT2D eigenvalue weighted by Crippen LogP contribution is 2.62. The van der Waals surface area contributed by atoms with Crippen LogP contribution in [-0.4, -0.2) is 66.4 Å². The molecule has 0 radical (unpaired) electrons. The third-order valence-electron chi connectivity index (χ3n) is 8.53. The fourth-order valence-corrected chi connectivity index (χ4v) is 6.88. The molecule has 1 spiro atoms. The SMILES string of the molecule is CCN1C[C@H]2C3(CCN(Cc4ccoc4)CC3)CC[C@@]2(C(=O)N2CCCC2)C1. The molecule has 154 valence electrons. The number of rotatable bonds is 4. The molecule has 0 unspecified atom stereocenters. The molecule has 3 saturated heterocycles. The van der Waals surface area contributed by atoms with Crippen molar-refractivity contribution in [2.75, 3.05) is 45.8 Å². The summed E-state index contributed by atoms with van der Waals surface area (Å²) in [7, 11) is 0. The topological polar surface area (TPSA) is 39.9 Å². The van der Waals surface area contributed by atoms with Gasteiger partial charge in [-0.1, -0.05) is 6.92 Å². The van der Waals surface area contributed by atoms with Crippen LogP contribution in [0.1, 0.15) is 51.0 Å². The van der Waals surface area contributed by atoms with Gasteiger partial charge in [0.1, 0.15) is 0 Å². The van der Waals surface area contributed by atoms with E-state index >= 15 is 0 Å².